The molecule has 0 radical (unpaired) electrons. The van der Waals surface area contributed by atoms with E-state index >= 15 is 0 Å². The lowest BCUT2D eigenvalue weighted by Gasteiger charge is -2.16. The first kappa shape index (κ1) is 11.5. The normalized spacial score (nSPS) is 9.80. The van der Waals surface area contributed by atoms with Gasteiger partial charge in [0.25, 0.3) is 0 Å². The predicted molar refractivity (Wildman–Crippen MR) is 55.1 cm³/mol. The Morgan fingerprint density at radius 3 is 2.60 bits per heavy atom. The Bertz CT molecular complexity index is 327. The summed E-state index contributed by atoms with van der Waals surface area (Å²) in [7, 11) is 1.56. The fraction of sp³-hybridized carbons (Fsp3) is 0.300. The van der Waals surface area contributed by atoms with E-state index in [-0.39, 0.29) is 25.0 Å². The highest BCUT2D eigenvalue weighted by Crippen LogP contribution is 2.08. The second kappa shape index (κ2) is 5.31. The zero-order valence-electron chi connectivity index (χ0n) is 8.40. The number of nitrogens with one attached hydrogen (secondary N) is 1. The van der Waals surface area contributed by atoms with Crippen molar-refractivity contribution in [3.8, 4) is 0 Å². The van der Waals surface area contributed by atoms with Gasteiger partial charge in [0.1, 0.15) is 5.82 Å². The van der Waals surface area contributed by atoms with Crippen LogP contribution in [0.15, 0.2) is 24.3 Å². The summed E-state index contributed by atoms with van der Waals surface area (Å²) in [6.45, 7) is 0.167. The first-order chi connectivity index (χ1) is 7.13. The van der Waals surface area contributed by atoms with E-state index in [1.54, 1.807) is 7.05 Å². The van der Waals surface area contributed by atoms with Crippen LogP contribution in [0.1, 0.15) is 0 Å². The number of anilines is 1. The van der Waals surface area contributed by atoms with Gasteiger partial charge in [0.05, 0.1) is 6.61 Å². The van der Waals surface area contributed by atoms with Gasteiger partial charge < -0.3 is 15.3 Å². The first-order valence-corrected chi connectivity index (χ1v) is 4.52. The molecule has 0 bridgehead atoms. The van der Waals surface area contributed by atoms with Gasteiger partial charge in [-0.25, -0.2) is 9.18 Å². The zero-order valence-corrected chi connectivity index (χ0v) is 8.40. The van der Waals surface area contributed by atoms with Gasteiger partial charge in [-0.1, -0.05) is 0 Å². The number of aliphatic hydroxyl groups excluding tert-OH is 1. The monoisotopic (exact) mass is 212 g/mol. The summed E-state index contributed by atoms with van der Waals surface area (Å²) >= 11 is 0. The minimum absolute atomic E-state index is 0.0899. The molecule has 2 amide bonds. The molecule has 0 atom stereocenters. The number of carbonyl (C=O) groups excluding carboxylic acids is 1. The number of nitrogens with zero attached hydrogens (tertiary/aromatic N) is 1. The van der Waals surface area contributed by atoms with E-state index in [1.807, 2.05) is 0 Å². The number of halogens is 1. The van der Waals surface area contributed by atoms with Crippen molar-refractivity contribution in [2.75, 3.05) is 25.5 Å². The molecule has 2 N–H and O–H groups in total. The number of hydrogen-bond donors (Lipinski definition) is 2. The van der Waals surface area contributed by atoms with Crippen molar-refractivity contribution in [2.45, 2.75) is 0 Å². The van der Waals surface area contributed by atoms with Crippen LogP contribution in [-0.2, 0) is 0 Å². The van der Waals surface area contributed by atoms with E-state index in [2.05, 4.69) is 5.32 Å². The van der Waals surface area contributed by atoms with Crippen molar-refractivity contribution in [3.63, 3.8) is 0 Å². The van der Waals surface area contributed by atoms with E-state index in [1.165, 1.54) is 29.2 Å². The minimum Gasteiger partial charge on any atom is -0.395 e. The summed E-state index contributed by atoms with van der Waals surface area (Å²) < 4.78 is 12.5. The van der Waals surface area contributed by atoms with E-state index < -0.39 is 0 Å². The number of carbonyl (C=O) groups is 1. The van der Waals surface area contributed by atoms with Crippen LogP contribution in [0.2, 0.25) is 0 Å². The van der Waals surface area contributed by atoms with Gasteiger partial charge >= 0.3 is 6.03 Å². The number of likely N-dealkylation sites (N-methyl/N-ethyl adjacent to an activating group) is 1. The molecule has 1 rings (SSSR count). The second-order valence-electron chi connectivity index (χ2n) is 3.08. The largest absolute Gasteiger partial charge is 0.395 e. The fourth-order valence-corrected chi connectivity index (χ4v) is 1.00. The van der Waals surface area contributed by atoms with Crippen LogP contribution in [0.4, 0.5) is 14.9 Å². The summed E-state index contributed by atoms with van der Waals surface area (Å²) in [4.78, 5) is 12.7. The minimum atomic E-state index is -0.350. The Hall–Kier alpha value is -1.62. The quantitative estimate of drug-likeness (QED) is 0.793. The van der Waals surface area contributed by atoms with Crippen LogP contribution < -0.4 is 5.32 Å². The van der Waals surface area contributed by atoms with Gasteiger partial charge in [-0.3, -0.25) is 0 Å². The van der Waals surface area contributed by atoms with Gasteiger partial charge in [0, 0.05) is 19.3 Å². The molecule has 0 aromatic heterocycles. The Balaban J connectivity index is 2.54. The van der Waals surface area contributed by atoms with Crippen LogP contribution >= 0.6 is 0 Å². The Labute approximate surface area is 87.3 Å². The second-order valence-corrected chi connectivity index (χ2v) is 3.08. The predicted octanol–water partition coefficient (Wildman–Crippen LogP) is 1.28. The molecule has 0 fully saturated rings. The molecule has 0 saturated carbocycles. The third kappa shape index (κ3) is 3.55. The molecule has 1 aromatic carbocycles. The zero-order chi connectivity index (χ0) is 11.3. The van der Waals surface area contributed by atoms with Crippen molar-refractivity contribution < 1.29 is 14.3 Å². The maximum absolute atomic E-state index is 12.5. The lowest BCUT2D eigenvalue weighted by atomic mass is 10.3. The molecule has 0 heterocycles. The number of aliphatic hydroxyl groups is 1. The van der Waals surface area contributed by atoms with E-state index in [0.717, 1.165) is 0 Å². The lowest BCUT2D eigenvalue weighted by molar-refractivity contribution is 0.202. The van der Waals surface area contributed by atoms with E-state index in [9.17, 15) is 9.18 Å². The average molecular weight is 212 g/mol. The summed E-state index contributed by atoms with van der Waals surface area (Å²) in [6, 6.07) is 5.14. The molecule has 82 valence electrons. The lowest BCUT2D eigenvalue weighted by Crippen LogP contribution is -2.33. The number of amides is 2. The van der Waals surface area contributed by atoms with Crippen LogP contribution in [-0.4, -0.2) is 36.2 Å². The average Bonchev–Trinajstić information content (AvgIpc) is 2.22. The summed E-state index contributed by atoms with van der Waals surface area (Å²) in [5.74, 6) is -0.350. The molecule has 0 unspecified atom stereocenters. The van der Waals surface area contributed by atoms with Gasteiger partial charge in [-0.05, 0) is 24.3 Å². The standard InChI is InChI=1S/C10H13FN2O2/c1-13(6-7-14)10(15)12-9-4-2-8(11)3-5-9/h2-5,14H,6-7H2,1H3,(H,12,15). The Morgan fingerprint density at radius 1 is 1.47 bits per heavy atom. The third-order valence-corrected chi connectivity index (χ3v) is 1.88. The van der Waals surface area contributed by atoms with Crippen molar-refractivity contribution in [1.82, 2.24) is 4.90 Å². The van der Waals surface area contributed by atoms with Gasteiger partial charge in [0.15, 0.2) is 0 Å². The van der Waals surface area contributed by atoms with Gasteiger partial charge in [-0.2, -0.15) is 0 Å². The van der Waals surface area contributed by atoms with Crippen LogP contribution in [0.3, 0.4) is 0 Å². The fourth-order valence-electron chi connectivity index (χ4n) is 1.00. The molecule has 0 saturated heterocycles. The highest BCUT2D eigenvalue weighted by molar-refractivity contribution is 5.89. The summed E-state index contributed by atoms with van der Waals surface area (Å²) in [6.07, 6.45) is 0. The smallest absolute Gasteiger partial charge is 0.321 e. The van der Waals surface area contributed by atoms with E-state index in [0.29, 0.717) is 5.69 Å². The topological polar surface area (TPSA) is 52.6 Å². The molecule has 0 aliphatic carbocycles. The molecule has 15 heavy (non-hydrogen) atoms. The number of rotatable bonds is 3. The van der Waals surface area contributed by atoms with Crippen molar-refractivity contribution in [1.29, 1.82) is 0 Å². The molecule has 0 aliphatic rings. The summed E-state index contributed by atoms with van der Waals surface area (Å²) in [5.41, 5.74) is 0.520. The van der Waals surface area contributed by atoms with Gasteiger partial charge in [0.2, 0.25) is 0 Å². The Kier molecular flexibility index (Phi) is 4.05. The molecule has 1 aromatic rings. The molecular formula is C10H13FN2O2. The number of urea groups is 1. The van der Waals surface area contributed by atoms with Crippen LogP contribution in [0.5, 0.6) is 0 Å². The highest BCUT2D eigenvalue weighted by atomic mass is 19.1. The molecule has 0 aliphatic heterocycles. The van der Waals surface area contributed by atoms with Crippen molar-refractivity contribution in [2.24, 2.45) is 0 Å². The van der Waals surface area contributed by atoms with E-state index in [4.69, 9.17) is 5.11 Å². The molecule has 0 spiro atoms. The maximum Gasteiger partial charge on any atom is 0.321 e. The first-order valence-electron chi connectivity index (χ1n) is 4.52. The van der Waals surface area contributed by atoms with Gasteiger partial charge in [-0.15, -0.1) is 0 Å². The third-order valence-electron chi connectivity index (χ3n) is 1.88. The SMILES string of the molecule is CN(CCO)C(=O)Nc1ccc(F)cc1. The Morgan fingerprint density at radius 2 is 2.07 bits per heavy atom. The maximum atomic E-state index is 12.5. The van der Waals surface area contributed by atoms with Crippen molar-refractivity contribution in [3.05, 3.63) is 30.1 Å². The number of hydrogen-bond acceptors (Lipinski definition) is 2. The summed E-state index contributed by atoms with van der Waals surface area (Å²) in [5, 5.41) is 11.2. The molecular weight excluding hydrogens is 199 g/mol. The van der Waals surface area contributed by atoms with Crippen molar-refractivity contribution >= 4 is 11.7 Å². The van der Waals surface area contributed by atoms with Crippen LogP contribution in [0, 0.1) is 5.82 Å². The molecule has 5 heteroatoms. The van der Waals surface area contributed by atoms with Crippen LogP contribution in [0.25, 0.3) is 0 Å². The number of benzene rings is 1. The highest BCUT2D eigenvalue weighted by Gasteiger charge is 2.07. The molecule has 4 nitrogen and oxygen atoms in total.